The summed E-state index contributed by atoms with van der Waals surface area (Å²) in [6.07, 6.45) is 0. The molecular weight excluding hydrogens is 263 g/mol. The first-order chi connectivity index (χ1) is 8.27. The monoisotopic (exact) mass is 274 g/mol. The summed E-state index contributed by atoms with van der Waals surface area (Å²) in [5.74, 6) is -1.28. The molecule has 0 radical (unpaired) electrons. The number of rotatable bonds is 4. The number of hydrogen-bond donors (Lipinski definition) is 1. The van der Waals surface area contributed by atoms with E-state index in [-0.39, 0.29) is 17.5 Å². The van der Waals surface area contributed by atoms with Crippen molar-refractivity contribution in [3.05, 3.63) is 34.1 Å². The predicted octanol–water partition coefficient (Wildman–Crippen LogP) is 2.94. The first-order valence-electron chi connectivity index (χ1n) is 5.09. The average Bonchev–Trinajstić information content (AvgIpc) is 2.28. The minimum atomic E-state index is -0.999. The van der Waals surface area contributed by atoms with E-state index in [9.17, 15) is 19.3 Å². The molecule has 0 bridgehead atoms. The van der Waals surface area contributed by atoms with Crippen LogP contribution in [0.5, 0.6) is 0 Å². The van der Waals surface area contributed by atoms with Crippen LogP contribution in [0, 0.1) is 21.3 Å². The molecule has 1 rings (SSSR count). The Morgan fingerprint density at radius 2 is 2.17 bits per heavy atom. The van der Waals surface area contributed by atoms with Crippen LogP contribution < -0.4 is 5.32 Å². The van der Waals surface area contributed by atoms with Crippen molar-refractivity contribution in [3.8, 4) is 0 Å². The number of hydrogen-bond acceptors (Lipinski definition) is 3. The minimum Gasteiger partial charge on any atom is -0.325 e. The normalized spacial score (nSPS) is 11.1. The van der Waals surface area contributed by atoms with Gasteiger partial charge in [-0.25, -0.2) is 0 Å². The summed E-state index contributed by atoms with van der Waals surface area (Å²) in [5, 5.41) is 12.9. The number of carbonyl (C=O) groups is 1. The lowest BCUT2D eigenvalue weighted by molar-refractivity contribution is -0.387. The molecule has 0 aliphatic heterocycles. The van der Waals surface area contributed by atoms with E-state index < -0.39 is 21.8 Å². The third kappa shape index (κ3) is 3.16. The van der Waals surface area contributed by atoms with Gasteiger partial charge in [-0.2, -0.15) is 4.39 Å². The molecule has 0 aromatic heterocycles. The minimum absolute atomic E-state index is 0.105. The van der Waals surface area contributed by atoms with Crippen LogP contribution in [0.25, 0.3) is 0 Å². The molecule has 0 aliphatic rings. The van der Waals surface area contributed by atoms with Crippen molar-refractivity contribution in [2.24, 2.45) is 5.41 Å². The molecule has 0 saturated carbocycles. The van der Waals surface area contributed by atoms with Crippen LogP contribution in [0.3, 0.4) is 0 Å². The quantitative estimate of drug-likeness (QED) is 0.521. The number of alkyl halides is 1. The molecule has 0 saturated heterocycles. The highest BCUT2D eigenvalue weighted by molar-refractivity contribution is 6.20. The molecule has 7 heteroatoms. The Morgan fingerprint density at radius 1 is 1.56 bits per heavy atom. The molecule has 0 spiro atoms. The molecular formula is C11H12ClFN2O3. The number of nitrogens with one attached hydrogen (secondary N) is 1. The van der Waals surface area contributed by atoms with Crippen LogP contribution in [0.1, 0.15) is 13.8 Å². The van der Waals surface area contributed by atoms with Gasteiger partial charge < -0.3 is 5.32 Å². The Hall–Kier alpha value is -1.69. The van der Waals surface area contributed by atoms with Gasteiger partial charge in [0, 0.05) is 23.7 Å². The lowest BCUT2D eigenvalue weighted by Crippen LogP contribution is -2.32. The van der Waals surface area contributed by atoms with Crippen molar-refractivity contribution in [2.45, 2.75) is 13.8 Å². The average molecular weight is 275 g/mol. The Labute approximate surface area is 108 Å². The number of halogens is 2. The van der Waals surface area contributed by atoms with Gasteiger partial charge >= 0.3 is 5.69 Å². The molecule has 1 aromatic rings. The summed E-state index contributed by atoms with van der Waals surface area (Å²) in [4.78, 5) is 21.3. The van der Waals surface area contributed by atoms with E-state index in [0.29, 0.717) is 0 Å². The molecule has 0 unspecified atom stereocenters. The summed E-state index contributed by atoms with van der Waals surface area (Å²) >= 11 is 5.63. The number of nitro groups is 1. The van der Waals surface area contributed by atoms with Gasteiger partial charge in [0.15, 0.2) is 0 Å². The smallest absolute Gasteiger partial charge is 0.304 e. The summed E-state index contributed by atoms with van der Waals surface area (Å²) < 4.78 is 13.3. The van der Waals surface area contributed by atoms with E-state index in [1.54, 1.807) is 13.8 Å². The van der Waals surface area contributed by atoms with Crippen molar-refractivity contribution in [3.63, 3.8) is 0 Å². The van der Waals surface area contributed by atoms with Gasteiger partial charge in [-0.15, -0.1) is 11.6 Å². The summed E-state index contributed by atoms with van der Waals surface area (Å²) in [7, 11) is 0. The third-order valence-electron chi connectivity index (χ3n) is 2.35. The van der Waals surface area contributed by atoms with E-state index >= 15 is 0 Å². The SMILES string of the molecule is CC(C)(CCl)C(=O)Nc1ccc([N+](=O)[O-])c(F)c1. The fraction of sp³-hybridized carbons (Fsp3) is 0.364. The van der Waals surface area contributed by atoms with Gasteiger partial charge in [0.1, 0.15) is 0 Å². The lowest BCUT2D eigenvalue weighted by Gasteiger charge is -2.20. The highest BCUT2D eigenvalue weighted by atomic mass is 35.5. The van der Waals surface area contributed by atoms with Crippen LogP contribution in [-0.2, 0) is 4.79 Å². The van der Waals surface area contributed by atoms with Gasteiger partial charge in [0.25, 0.3) is 0 Å². The molecule has 5 nitrogen and oxygen atoms in total. The summed E-state index contributed by atoms with van der Waals surface area (Å²) in [6.45, 7) is 3.27. The Morgan fingerprint density at radius 3 is 2.61 bits per heavy atom. The maximum atomic E-state index is 13.3. The second kappa shape index (κ2) is 5.30. The molecule has 1 aromatic carbocycles. The van der Waals surface area contributed by atoms with E-state index in [0.717, 1.165) is 12.1 Å². The zero-order valence-electron chi connectivity index (χ0n) is 9.87. The van der Waals surface area contributed by atoms with Gasteiger partial charge in [0.05, 0.1) is 10.3 Å². The van der Waals surface area contributed by atoms with Crippen molar-refractivity contribution >= 4 is 28.9 Å². The van der Waals surface area contributed by atoms with Gasteiger partial charge in [-0.1, -0.05) is 0 Å². The molecule has 18 heavy (non-hydrogen) atoms. The molecule has 0 atom stereocenters. The fourth-order valence-corrected chi connectivity index (χ4v) is 1.22. The topological polar surface area (TPSA) is 72.2 Å². The second-order valence-corrected chi connectivity index (χ2v) is 4.66. The van der Waals surface area contributed by atoms with Crippen molar-refractivity contribution in [2.75, 3.05) is 11.2 Å². The first-order valence-corrected chi connectivity index (χ1v) is 5.63. The Kier molecular flexibility index (Phi) is 4.24. The summed E-state index contributed by atoms with van der Waals surface area (Å²) in [5.41, 5.74) is -1.29. The molecule has 1 N–H and O–H groups in total. The highest BCUT2D eigenvalue weighted by Gasteiger charge is 2.27. The molecule has 98 valence electrons. The van der Waals surface area contributed by atoms with Crippen LogP contribution >= 0.6 is 11.6 Å². The Balaban J connectivity index is 2.91. The highest BCUT2D eigenvalue weighted by Crippen LogP contribution is 2.24. The number of nitro benzene ring substituents is 1. The zero-order chi connectivity index (χ0) is 13.9. The summed E-state index contributed by atoms with van der Waals surface area (Å²) in [6, 6.07) is 3.17. The largest absolute Gasteiger partial charge is 0.325 e. The lowest BCUT2D eigenvalue weighted by atomic mass is 9.95. The van der Waals surface area contributed by atoms with E-state index in [4.69, 9.17) is 11.6 Å². The number of nitrogens with zero attached hydrogens (tertiary/aromatic N) is 1. The van der Waals surface area contributed by atoms with Crippen molar-refractivity contribution in [1.29, 1.82) is 0 Å². The van der Waals surface area contributed by atoms with Gasteiger partial charge in [-0.05, 0) is 19.9 Å². The molecule has 0 heterocycles. The fourth-order valence-electron chi connectivity index (χ4n) is 1.09. The second-order valence-electron chi connectivity index (χ2n) is 4.39. The number of carbonyl (C=O) groups excluding carboxylic acids is 1. The van der Waals surface area contributed by atoms with Crippen molar-refractivity contribution in [1.82, 2.24) is 0 Å². The van der Waals surface area contributed by atoms with Gasteiger partial charge in [0.2, 0.25) is 11.7 Å². The van der Waals surface area contributed by atoms with E-state index in [1.165, 1.54) is 6.07 Å². The maximum Gasteiger partial charge on any atom is 0.304 e. The van der Waals surface area contributed by atoms with Crippen LogP contribution in [-0.4, -0.2) is 16.7 Å². The van der Waals surface area contributed by atoms with Crippen LogP contribution in [0.15, 0.2) is 18.2 Å². The molecule has 0 fully saturated rings. The first kappa shape index (κ1) is 14.4. The van der Waals surface area contributed by atoms with Crippen LogP contribution in [0.4, 0.5) is 15.8 Å². The standard InChI is InChI=1S/C11H12ClFN2O3/c1-11(2,6-12)10(16)14-7-3-4-9(15(17)18)8(13)5-7/h3-5H,6H2,1-2H3,(H,14,16). The van der Waals surface area contributed by atoms with Crippen molar-refractivity contribution < 1.29 is 14.1 Å². The molecule has 1 amide bonds. The number of benzene rings is 1. The number of amides is 1. The molecule has 0 aliphatic carbocycles. The maximum absolute atomic E-state index is 13.3. The van der Waals surface area contributed by atoms with Gasteiger partial charge in [-0.3, -0.25) is 14.9 Å². The predicted molar refractivity (Wildman–Crippen MR) is 66.2 cm³/mol. The Bertz CT molecular complexity index is 491. The van der Waals surface area contributed by atoms with E-state index in [2.05, 4.69) is 5.32 Å². The number of anilines is 1. The van der Waals surface area contributed by atoms with E-state index in [1.807, 2.05) is 0 Å². The zero-order valence-corrected chi connectivity index (χ0v) is 10.6. The van der Waals surface area contributed by atoms with Crippen LogP contribution in [0.2, 0.25) is 0 Å². The third-order valence-corrected chi connectivity index (χ3v) is 3.02.